The molecule has 1 aromatic carbocycles. The number of benzene rings is 1. The topological polar surface area (TPSA) is 74.8 Å². The third-order valence-corrected chi connectivity index (χ3v) is 4.80. The number of carbonyl (C=O) groups excluding carboxylic acids is 1. The highest BCUT2D eigenvalue weighted by Gasteiger charge is 2.22. The molecule has 1 unspecified atom stereocenters. The molecule has 1 heterocycles. The van der Waals surface area contributed by atoms with E-state index >= 15 is 0 Å². The Bertz CT molecular complexity index is 592. The number of hydrogen-bond donors (Lipinski definition) is 3. The minimum Gasteiger partial charge on any atom is -0.488 e. The normalized spacial score (nSPS) is 19.3. The lowest BCUT2D eigenvalue weighted by molar-refractivity contribution is -0.121. The van der Waals surface area contributed by atoms with E-state index in [2.05, 4.69) is 27.0 Å². The molecule has 1 aliphatic carbocycles. The van der Waals surface area contributed by atoms with Crippen LogP contribution in [0.25, 0.3) is 0 Å². The molecule has 3 rings (SSSR count). The number of fused-ring (bicyclic) bond motifs is 1. The van der Waals surface area contributed by atoms with Gasteiger partial charge in [-0.05, 0) is 24.5 Å². The summed E-state index contributed by atoms with van der Waals surface area (Å²) in [5.41, 5.74) is 1.25. The monoisotopic (exact) mass is 472 g/mol. The highest BCUT2D eigenvalue weighted by molar-refractivity contribution is 14.0. The van der Waals surface area contributed by atoms with Crippen LogP contribution >= 0.6 is 24.0 Å². The van der Waals surface area contributed by atoms with Gasteiger partial charge in [-0.3, -0.25) is 9.79 Å². The summed E-state index contributed by atoms with van der Waals surface area (Å²) in [6, 6.07) is 8.52. The second-order valence-electron chi connectivity index (χ2n) is 6.73. The second-order valence-corrected chi connectivity index (χ2v) is 6.73. The Labute approximate surface area is 172 Å². The van der Waals surface area contributed by atoms with Crippen LogP contribution in [0, 0.1) is 0 Å². The van der Waals surface area contributed by atoms with E-state index in [4.69, 9.17) is 4.74 Å². The summed E-state index contributed by atoms with van der Waals surface area (Å²) in [7, 11) is 1.73. The molecule has 144 valence electrons. The first kappa shape index (κ1) is 20.8. The van der Waals surface area contributed by atoms with Gasteiger partial charge in [0, 0.05) is 32.5 Å². The van der Waals surface area contributed by atoms with Gasteiger partial charge in [-0.2, -0.15) is 0 Å². The molecule has 0 bridgehead atoms. The van der Waals surface area contributed by atoms with Crippen molar-refractivity contribution in [3.8, 4) is 5.75 Å². The molecule has 1 fully saturated rings. The molecule has 26 heavy (non-hydrogen) atoms. The van der Waals surface area contributed by atoms with Crippen LogP contribution in [0.15, 0.2) is 29.3 Å². The van der Waals surface area contributed by atoms with E-state index in [1.165, 1.54) is 18.4 Å². The van der Waals surface area contributed by atoms with E-state index in [0.717, 1.165) is 25.0 Å². The molecule has 1 aromatic rings. The molecular weight excluding hydrogens is 443 g/mol. The zero-order chi connectivity index (χ0) is 17.5. The van der Waals surface area contributed by atoms with E-state index in [-0.39, 0.29) is 36.0 Å². The number of nitrogens with one attached hydrogen (secondary N) is 3. The van der Waals surface area contributed by atoms with E-state index in [9.17, 15) is 4.79 Å². The van der Waals surface area contributed by atoms with Crippen LogP contribution in [-0.4, -0.2) is 44.1 Å². The van der Waals surface area contributed by atoms with Crippen LogP contribution in [0.3, 0.4) is 0 Å². The summed E-state index contributed by atoms with van der Waals surface area (Å²) in [6.07, 6.45) is 6.17. The Morgan fingerprint density at radius 2 is 2.00 bits per heavy atom. The van der Waals surface area contributed by atoms with Crippen molar-refractivity contribution in [1.29, 1.82) is 0 Å². The van der Waals surface area contributed by atoms with Gasteiger partial charge in [0.1, 0.15) is 11.9 Å². The SMILES string of the molecule is CN=C(NCCC(=O)NC1CCCC1)NCC1Cc2ccccc2O1.I. The summed E-state index contributed by atoms with van der Waals surface area (Å²) in [5, 5.41) is 9.57. The van der Waals surface area contributed by atoms with Gasteiger partial charge in [-0.15, -0.1) is 24.0 Å². The first-order valence-electron chi connectivity index (χ1n) is 9.23. The third-order valence-electron chi connectivity index (χ3n) is 4.80. The average Bonchev–Trinajstić information content (AvgIpc) is 3.26. The maximum absolute atomic E-state index is 11.9. The highest BCUT2D eigenvalue weighted by Crippen LogP contribution is 2.27. The van der Waals surface area contributed by atoms with Crippen molar-refractivity contribution in [3.05, 3.63) is 29.8 Å². The summed E-state index contributed by atoms with van der Waals surface area (Å²) in [4.78, 5) is 16.1. The Morgan fingerprint density at radius 1 is 1.23 bits per heavy atom. The fraction of sp³-hybridized carbons (Fsp3) is 0.579. The number of rotatable bonds is 6. The smallest absolute Gasteiger partial charge is 0.221 e. The number of halogens is 1. The van der Waals surface area contributed by atoms with Crippen molar-refractivity contribution >= 4 is 35.8 Å². The first-order valence-corrected chi connectivity index (χ1v) is 9.23. The van der Waals surface area contributed by atoms with Gasteiger partial charge in [-0.1, -0.05) is 31.0 Å². The third kappa shape index (κ3) is 6.03. The number of hydrogen-bond acceptors (Lipinski definition) is 3. The quantitative estimate of drug-likeness (QED) is 0.337. The molecule has 0 aromatic heterocycles. The number of amides is 1. The molecule has 1 atom stereocenters. The first-order chi connectivity index (χ1) is 12.2. The largest absolute Gasteiger partial charge is 0.488 e. The van der Waals surface area contributed by atoms with Crippen LogP contribution in [0.5, 0.6) is 5.75 Å². The lowest BCUT2D eigenvalue weighted by Crippen LogP contribution is -2.43. The summed E-state index contributed by atoms with van der Waals surface area (Å²) >= 11 is 0. The van der Waals surface area contributed by atoms with Gasteiger partial charge < -0.3 is 20.7 Å². The predicted octanol–water partition coefficient (Wildman–Crippen LogP) is 2.22. The number of ether oxygens (including phenoxy) is 1. The van der Waals surface area contributed by atoms with E-state index in [1.54, 1.807) is 7.05 Å². The van der Waals surface area contributed by atoms with Crippen LogP contribution in [0.4, 0.5) is 0 Å². The van der Waals surface area contributed by atoms with Crippen molar-refractivity contribution in [2.75, 3.05) is 20.1 Å². The fourth-order valence-electron chi connectivity index (χ4n) is 3.46. The van der Waals surface area contributed by atoms with Crippen molar-refractivity contribution in [2.45, 2.75) is 50.7 Å². The molecular formula is C19H29IN4O2. The zero-order valence-electron chi connectivity index (χ0n) is 15.3. The zero-order valence-corrected chi connectivity index (χ0v) is 17.6. The maximum atomic E-state index is 11.9. The number of para-hydroxylation sites is 1. The van der Waals surface area contributed by atoms with E-state index < -0.39 is 0 Å². The molecule has 0 spiro atoms. The van der Waals surface area contributed by atoms with Crippen LogP contribution < -0.4 is 20.7 Å². The van der Waals surface area contributed by atoms with E-state index in [0.29, 0.717) is 31.5 Å². The summed E-state index contributed by atoms with van der Waals surface area (Å²) in [5.74, 6) is 1.79. The molecule has 2 aliphatic rings. The van der Waals surface area contributed by atoms with Crippen molar-refractivity contribution < 1.29 is 9.53 Å². The maximum Gasteiger partial charge on any atom is 0.221 e. The molecule has 0 saturated heterocycles. The van der Waals surface area contributed by atoms with Crippen LogP contribution in [0.2, 0.25) is 0 Å². The molecule has 1 aliphatic heterocycles. The molecule has 6 nitrogen and oxygen atoms in total. The van der Waals surface area contributed by atoms with E-state index in [1.807, 2.05) is 18.2 Å². The van der Waals surface area contributed by atoms with Crippen LogP contribution in [-0.2, 0) is 11.2 Å². The average molecular weight is 472 g/mol. The lowest BCUT2D eigenvalue weighted by Gasteiger charge is -2.16. The van der Waals surface area contributed by atoms with Gasteiger partial charge in [0.25, 0.3) is 0 Å². The van der Waals surface area contributed by atoms with Crippen molar-refractivity contribution in [2.24, 2.45) is 4.99 Å². The van der Waals surface area contributed by atoms with Gasteiger partial charge in [0.05, 0.1) is 6.54 Å². The predicted molar refractivity (Wildman–Crippen MR) is 114 cm³/mol. The number of aliphatic imine (C=N–C) groups is 1. The summed E-state index contributed by atoms with van der Waals surface area (Å²) in [6.45, 7) is 1.26. The fourth-order valence-corrected chi connectivity index (χ4v) is 3.46. The minimum absolute atomic E-state index is 0. The minimum atomic E-state index is 0. The Kier molecular flexibility index (Phi) is 8.47. The molecule has 1 amide bonds. The number of carbonyl (C=O) groups is 1. The van der Waals surface area contributed by atoms with Gasteiger partial charge >= 0.3 is 0 Å². The van der Waals surface area contributed by atoms with Crippen molar-refractivity contribution in [3.63, 3.8) is 0 Å². The standard InChI is InChI=1S/C19H28N4O2.HI/c1-20-19(21-11-10-18(24)23-15-7-3-4-8-15)22-13-16-12-14-6-2-5-9-17(14)25-16;/h2,5-6,9,15-16H,3-4,7-8,10-13H2,1H3,(H,23,24)(H2,20,21,22);1H. The number of nitrogens with zero attached hydrogens (tertiary/aromatic N) is 1. The van der Waals surface area contributed by atoms with Gasteiger partial charge in [-0.25, -0.2) is 0 Å². The summed E-state index contributed by atoms with van der Waals surface area (Å²) < 4.78 is 5.91. The molecule has 7 heteroatoms. The lowest BCUT2D eigenvalue weighted by atomic mass is 10.1. The molecule has 0 radical (unpaired) electrons. The van der Waals surface area contributed by atoms with Crippen molar-refractivity contribution in [1.82, 2.24) is 16.0 Å². The Hall–Kier alpha value is -1.51. The van der Waals surface area contributed by atoms with Gasteiger partial charge in [0.2, 0.25) is 5.91 Å². The molecule has 1 saturated carbocycles. The highest BCUT2D eigenvalue weighted by atomic mass is 127. The number of guanidine groups is 1. The second kappa shape index (κ2) is 10.6. The Balaban J connectivity index is 0.00000243. The molecule has 3 N–H and O–H groups in total. The van der Waals surface area contributed by atoms with Gasteiger partial charge in [0.15, 0.2) is 5.96 Å². The van der Waals surface area contributed by atoms with Crippen LogP contribution in [0.1, 0.15) is 37.7 Å². The Morgan fingerprint density at radius 3 is 2.73 bits per heavy atom.